The molecule has 116 valence electrons. The standard InChI is InChI=1S/C17H20ClN3O/c18-14-3-5-15(6-4-14)20-9-11-21(12-10-20)16(22)17(13-19)7-1-2-8-17/h3-6H,1-2,7-12H2. The normalized spacial score (nSPS) is 20.7. The van der Waals surface area contributed by atoms with Crippen molar-refractivity contribution >= 4 is 23.2 Å². The van der Waals surface area contributed by atoms with Gasteiger partial charge in [-0.2, -0.15) is 5.26 Å². The second kappa shape index (κ2) is 6.18. The molecule has 1 heterocycles. The third kappa shape index (κ3) is 2.78. The Hall–Kier alpha value is -1.73. The molecule has 2 fully saturated rings. The Morgan fingerprint density at radius 2 is 1.68 bits per heavy atom. The van der Waals surface area contributed by atoms with Crippen molar-refractivity contribution in [2.75, 3.05) is 31.1 Å². The lowest BCUT2D eigenvalue weighted by Crippen LogP contribution is -2.52. The summed E-state index contributed by atoms with van der Waals surface area (Å²) in [7, 11) is 0. The van der Waals surface area contributed by atoms with Crippen molar-refractivity contribution in [2.24, 2.45) is 5.41 Å². The fraction of sp³-hybridized carbons (Fsp3) is 0.529. The molecule has 5 heteroatoms. The summed E-state index contributed by atoms with van der Waals surface area (Å²) in [5.74, 6) is 0.0447. The highest BCUT2D eigenvalue weighted by molar-refractivity contribution is 6.30. The van der Waals surface area contributed by atoms with Crippen LogP contribution in [0.5, 0.6) is 0 Å². The molecule has 1 aromatic rings. The molecule has 0 radical (unpaired) electrons. The Morgan fingerprint density at radius 3 is 2.23 bits per heavy atom. The van der Waals surface area contributed by atoms with Gasteiger partial charge in [0.1, 0.15) is 5.41 Å². The zero-order valence-corrected chi connectivity index (χ0v) is 13.4. The molecule has 1 amide bonds. The van der Waals surface area contributed by atoms with Crippen LogP contribution in [-0.2, 0) is 4.79 Å². The molecule has 1 aromatic carbocycles. The molecule has 0 N–H and O–H groups in total. The van der Waals surface area contributed by atoms with Crippen molar-refractivity contribution in [3.63, 3.8) is 0 Å². The van der Waals surface area contributed by atoms with E-state index in [2.05, 4.69) is 11.0 Å². The van der Waals surface area contributed by atoms with Gasteiger partial charge in [0.15, 0.2) is 0 Å². The lowest BCUT2D eigenvalue weighted by atomic mass is 9.86. The van der Waals surface area contributed by atoms with Crippen LogP contribution in [0.1, 0.15) is 25.7 Å². The van der Waals surface area contributed by atoms with Gasteiger partial charge in [-0.25, -0.2) is 0 Å². The van der Waals surface area contributed by atoms with E-state index >= 15 is 0 Å². The Morgan fingerprint density at radius 1 is 1.09 bits per heavy atom. The van der Waals surface area contributed by atoms with Gasteiger partial charge in [-0.15, -0.1) is 0 Å². The molecule has 2 aliphatic rings. The fourth-order valence-corrected chi connectivity index (χ4v) is 3.60. The molecule has 22 heavy (non-hydrogen) atoms. The summed E-state index contributed by atoms with van der Waals surface area (Å²) in [6.07, 6.45) is 3.42. The number of nitrogens with zero attached hydrogens (tertiary/aromatic N) is 3. The molecule has 0 bridgehead atoms. The maximum atomic E-state index is 12.7. The fourth-order valence-electron chi connectivity index (χ4n) is 3.47. The molecule has 1 saturated heterocycles. The van der Waals surface area contributed by atoms with E-state index in [0.717, 1.165) is 49.5 Å². The first-order chi connectivity index (χ1) is 10.6. The van der Waals surface area contributed by atoms with E-state index in [1.807, 2.05) is 29.2 Å². The maximum absolute atomic E-state index is 12.7. The van der Waals surface area contributed by atoms with Crippen LogP contribution in [0.2, 0.25) is 5.02 Å². The van der Waals surface area contributed by atoms with E-state index < -0.39 is 5.41 Å². The van der Waals surface area contributed by atoms with Crippen LogP contribution in [0.3, 0.4) is 0 Å². The number of hydrogen-bond acceptors (Lipinski definition) is 3. The van der Waals surface area contributed by atoms with Crippen LogP contribution in [-0.4, -0.2) is 37.0 Å². The van der Waals surface area contributed by atoms with Crippen molar-refractivity contribution in [3.8, 4) is 6.07 Å². The minimum absolute atomic E-state index is 0.0447. The zero-order chi connectivity index (χ0) is 15.6. The second-order valence-corrected chi connectivity index (χ2v) is 6.59. The van der Waals surface area contributed by atoms with Crippen LogP contribution in [0.4, 0.5) is 5.69 Å². The van der Waals surface area contributed by atoms with Gasteiger partial charge in [-0.05, 0) is 37.1 Å². The van der Waals surface area contributed by atoms with Crippen LogP contribution < -0.4 is 4.90 Å². The Kier molecular flexibility index (Phi) is 4.26. The first-order valence-corrected chi connectivity index (χ1v) is 8.24. The summed E-state index contributed by atoms with van der Waals surface area (Å²) >= 11 is 5.92. The first-order valence-electron chi connectivity index (χ1n) is 7.86. The van der Waals surface area contributed by atoms with Gasteiger partial charge >= 0.3 is 0 Å². The number of halogens is 1. The summed E-state index contributed by atoms with van der Waals surface area (Å²) < 4.78 is 0. The third-order valence-corrected chi connectivity index (χ3v) is 5.09. The summed E-state index contributed by atoms with van der Waals surface area (Å²) in [4.78, 5) is 16.8. The van der Waals surface area contributed by atoms with E-state index in [1.54, 1.807) is 0 Å². The topological polar surface area (TPSA) is 47.3 Å². The Labute approximate surface area is 136 Å². The molecule has 3 rings (SSSR count). The van der Waals surface area contributed by atoms with E-state index in [9.17, 15) is 10.1 Å². The van der Waals surface area contributed by atoms with Crippen molar-refractivity contribution in [3.05, 3.63) is 29.3 Å². The molecular formula is C17H20ClN3O. The maximum Gasteiger partial charge on any atom is 0.243 e. The molecule has 1 saturated carbocycles. The van der Waals surface area contributed by atoms with Crippen LogP contribution in [0, 0.1) is 16.7 Å². The average molecular weight is 318 g/mol. The van der Waals surface area contributed by atoms with Gasteiger partial charge in [0.25, 0.3) is 0 Å². The number of carbonyl (C=O) groups excluding carboxylic acids is 1. The second-order valence-electron chi connectivity index (χ2n) is 6.16. The summed E-state index contributed by atoms with van der Waals surface area (Å²) in [5, 5.41) is 10.2. The molecule has 0 aromatic heterocycles. The monoisotopic (exact) mass is 317 g/mol. The largest absolute Gasteiger partial charge is 0.368 e. The van der Waals surface area contributed by atoms with Crippen molar-refractivity contribution in [1.82, 2.24) is 4.90 Å². The predicted molar refractivity (Wildman–Crippen MR) is 86.8 cm³/mol. The number of hydrogen-bond donors (Lipinski definition) is 0. The molecule has 1 aliphatic heterocycles. The SMILES string of the molecule is N#CC1(C(=O)N2CCN(c3ccc(Cl)cc3)CC2)CCCC1. The molecule has 1 aliphatic carbocycles. The summed E-state index contributed by atoms with van der Waals surface area (Å²) in [5.41, 5.74) is 0.384. The van der Waals surface area contributed by atoms with Crippen molar-refractivity contribution in [1.29, 1.82) is 5.26 Å². The number of anilines is 1. The number of nitriles is 1. The highest BCUT2D eigenvalue weighted by Crippen LogP contribution is 2.39. The van der Waals surface area contributed by atoms with E-state index in [0.29, 0.717) is 13.1 Å². The predicted octanol–water partition coefficient (Wildman–Crippen LogP) is 3.07. The van der Waals surface area contributed by atoms with Gasteiger partial charge in [-0.3, -0.25) is 4.79 Å². The van der Waals surface area contributed by atoms with Gasteiger partial charge in [0.2, 0.25) is 5.91 Å². The lowest BCUT2D eigenvalue weighted by Gasteiger charge is -2.38. The number of piperazine rings is 1. The average Bonchev–Trinajstić information content (AvgIpc) is 3.05. The van der Waals surface area contributed by atoms with Crippen molar-refractivity contribution in [2.45, 2.75) is 25.7 Å². The number of amides is 1. The number of carbonyl (C=O) groups is 1. The Bertz CT molecular complexity index is 579. The van der Waals surface area contributed by atoms with Gasteiger partial charge in [0, 0.05) is 36.9 Å². The number of rotatable bonds is 2. The van der Waals surface area contributed by atoms with Crippen LogP contribution in [0.25, 0.3) is 0 Å². The minimum atomic E-state index is -0.748. The molecule has 0 atom stereocenters. The molecular weight excluding hydrogens is 298 g/mol. The highest BCUT2D eigenvalue weighted by atomic mass is 35.5. The van der Waals surface area contributed by atoms with Gasteiger partial charge in [-0.1, -0.05) is 24.4 Å². The first kappa shape index (κ1) is 15.2. The highest BCUT2D eigenvalue weighted by Gasteiger charge is 2.44. The van der Waals surface area contributed by atoms with E-state index in [4.69, 9.17) is 11.6 Å². The minimum Gasteiger partial charge on any atom is -0.368 e. The van der Waals surface area contributed by atoms with Gasteiger partial charge in [0.05, 0.1) is 6.07 Å². The van der Waals surface area contributed by atoms with Gasteiger partial charge < -0.3 is 9.80 Å². The Balaban J connectivity index is 1.63. The molecule has 0 unspecified atom stereocenters. The lowest BCUT2D eigenvalue weighted by molar-refractivity contribution is -0.139. The quantitative estimate of drug-likeness (QED) is 0.842. The van der Waals surface area contributed by atoms with Crippen LogP contribution >= 0.6 is 11.6 Å². The third-order valence-electron chi connectivity index (χ3n) is 4.84. The van der Waals surface area contributed by atoms with E-state index in [-0.39, 0.29) is 5.91 Å². The number of benzene rings is 1. The molecule has 4 nitrogen and oxygen atoms in total. The summed E-state index contributed by atoms with van der Waals surface area (Å²) in [6.45, 7) is 2.97. The zero-order valence-electron chi connectivity index (χ0n) is 12.6. The van der Waals surface area contributed by atoms with Crippen LogP contribution in [0.15, 0.2) is 24.3 Å². The van der Waals surface area contributed by atoms with Crippen molar-refractivity contribution < 1.29 is 4.79 Å². The summed E-state index contributed by atoms with van der Waals surface area (Å²) in [6, 6.07) is 10.1. The van der Waals surface area contributed by atoms with E-state index in [1.165, 1.54) is 0 Å². The molecule has 0 spiro atoms. The smallest absolute Gasteiger partial charge is 0.243 e.